The van der Waals surface area contributed by atoms with Crippen LogP contribution in [0.25, 0.3) is 0 Å². The maximum absolute atomic E-state index is 12.1. The van der Waals surface area contributed by atoms with Crippen molar-refractivity contribution in [2.24, 2.45) is 0 Å². The zero-order valence-corrected chi connectivity index (χ0v) is 11.5. The molecule has 0 saturated heterocycles. The molecular weight excluding hydrogens is 248 g/mol. The zero-order valence-electron chi connectivity index (χ0n) is 10.7. The number of hydrogen-bond acceptors (Lipinski definition) is 3. The van der Waals surface area contributed by atoms with Gasteiger partial charge in [-0.25, -0.2) is 13.1 Å². The first-order chi connectivity index (χ1) is 8.63. The molecule has 0 saturated carbocycles. The lowest BCUT2D eigenvalue weighted by molar-refractivity contribution is 0.577. The molecule has 0 amide bonds. The molecular formula is C13H20N2O2S. The normalized spacial score (nSPS) is 15.4. The van der Waals surface area contributed by atoms with Gasteiger partial charge in [0.1, 0.15) is 0 Å². The fourth-order valence-corrected chi connectivity index (χ4v) is 3.21. The number of fused-ring (bicyclic) bond motifs is 1. The largest absolute Gasteiger partial charge is 0.312 e. The van der Waals surface area contributed by atoms with Crippen molar-refractivity contribution < 1.29 is 8.42 Å². The average Bonchev–Trinajstić information content (AvgIpc) is 2.38. The second-order valence-electron chi connectivity index (χ2n) is 4.61. The van der Waals surface area contributed by atoms with Gasteiger partial charge in [0.15, 0.2) is 0 Å². The minimum atomic E-state index is -3.34. The molecule has 1 aromatic carbocycles. The summed E-state index contributed by atoms with van der Waals surface area (Å²) in [6, 6.07) is 5.43. The van der Waals surface area contributed by atoms with Gasteiger partial charge in [0.2, 0.25) is 10.0 Å². The van der Waals surface area contributed by atoms with Crippen LogP contribution in [0.4, 0.5) is 0 Å². The third-order valence-corrected chi connectivity index (χ3v) is 4.66. The molecule has 0 bridgehead atoms. The Kier molecular flexibility index (Phi) is 4.37. The summed E-state index contributed by atoms with van der Waals surface area (Å²) < 4.78 is 26.8. The second-order valence-corrected chi connectivity index (χ2v) is 6.38. The number of hydrogen-bond donors (Lipinski definition) is 2. The van der Waals surface area contributed by atoms with Crippen LogP contribution in [-0.4, -0.2) is 21.5 Å². The van der Waals surface area contributed by atoms with Gasteiger partial charge in [-0.05, 0) is 42.6 Å². The Morgan fingerprint density at radius 2 is 2.17 bits per heavy atom. The van der Waals surface area contributed by atoms with Crippen LogP contribution in [0.3, 0.4) is 0 Å². The highest BCUT2D eigenvalue weighted by Gasteiger charge is 2.16. The summed E-state index contributed by atoms with van der Waals surface area (Å²) in [5.41, 5.74) is 2.35. The second kappa shape index (κ2) is 5.82. The van der Waals surface area contributed by atoms with Gasteiger partial charge in [-0.3, -0.25) is 0 Å². The van der Waals surface area contributed by atoms with E-state index in [2.05, 4.69) is 10.0 Å². The Hall–Kier alpha value is -0.910. The van der Waals surface area contributed by atoms with E-state index in [1.807, 2.05) is 13.0 Å². The lowest BCUT2D eigenvalue weighted by Crippen LogP contribution is -2.27. The van der Waals surface area contributed by atoms with Crippen LogP contribution in [0.2, 0.25) is 0 Å². The van der Waals surface area contributed by atoms with E-state index in [0.717, 1.165) is 37.9 Å². The predicted molar refractivity (Wildman–Crippen MR) is 71.9 cm³/mol. The molecule has 0 atom stereocenters. The Labute approximate surface area is 109 Å². The van der Waals surface area contributed by atoms with E-state index >= 15 is 0 Å². The third kappa shape index (κ3) is 3.10. The number of benzene rings is 1. The highest BCUT2D eigenvalue weighted by molar-refractivity contribution is 7.89. The van der Waals surface area contributed by atoms with Gasteiger partial charge in [-0.15, -0.1) is 0 Å². The van der Waals surface area contributed by atoms with Crippen molar-refractivity contribution in [3.05, 3.63) is 29.3 Å². The third-order valence-electron chi connectivity index (χ3n) is 3.20. The summed E-state index contributed by atoms with van der Waals surface area (Å²) in [5.74, 6) is 0. The van der Waals surface area contributed by atoms with Crippen LogP contribution in [0, 0.1) is 0 Å². The molecule has 1 aliphatic rings. The van der Waals surface area contributed by atoms with E-state index in [1.165, 1.54) is 5.56 Å². The van der Waals surface area contributed by atoms with Crippen molar-refractivity contribution in [2.45, 2.75) is 37.6 Å². The van der Waals surface area contributed by atoms with E-state index in [9.17, 15) is 8.42 Å². The quantitative estimate of drug-likeness (QED) is 0.794. The lowest BCUT2D eigenvalue weighted by atomic mass is 10.0. The van der Waals surface area contributed by atoms with Crippen LogP contribution in [0.15, 0.2) is 23.1 Å². The molecule has 2 rings (SSSR count). The Balaban J connectivity index is 2.17. The first-order valence-corrected chi connectivity index (χ1v) is 7.94. The minimum absolute atomic E-state index is 0.376. The molecule has 2 N–H and O–H groups in total. The summed E-state index contributed by atoms with van der Waals surface area (Å²) in [7, 11) is -3.34. The molecule has 18 heavy (non-hydrogen) atoms. The molecule has 0 aliphatic carbocycles. The van der Waals surface area contributed by atoms with Crippen molar-refractivity contribution in [2.75, 3.05) is 13.1 Å². The van der Waals surface area contributed by atoms with Gasteiger partial charge < -0.3 is 5.32 Å². The average molecular weight is 268 g/mol. The highest BCUT2D eigenvalue weighted by atomic mass is 32.2. The molecule has 0 fully saturated rings. The maximum Gasteiger partial charge on any atom is 0.240 e. The molecule has 4 nitrogen and oxygen atoms in total. The van der Waals surface area contributed by atoms with Crippen molar-refractivity contribution in [3.63, 3.8) is 0 Å². The summed E-state index contributed by atoms with van der Waals surface area (Å²) in [5, 5.41) is 3.26. The first kappa shape index (κ1) is 13.5. The van der Waals surface area contributed by atoms with Gasteiger partial charge >= 0.3 is 0 Å². The van der Waals surface area contributed by atoms with Gasteiger partial charge in [0.25, 0.3) is 0 Å². The molecule has 5 heteroatoms. The van der Waals surface area contributed by atoms with Gasteiger partial charge in [-0.2, -0.15) is 0 Å². The van der Waals surface area contributed by atoms with Crippen LogP contribution < -0.4 is 10.0 Å². The fourth-order valence-electron chi connectivity index (χ4n) is 2.09. The molecule has 1 aliphatic heterocycles. The molecule has 0 spiro atoms. The SMILES string of the molecule is CCCCNS(=O)(=O)c1ccc2c(c1)CNCC2. The van der Waals surface area contributed by atoms with Gasteiger partial charge in [-0.1, -0.05) is 19.4 Å². The molecule has 1 aromatic rings. The Morgan fingerprint density at radius 3 is 2.94 bits per heavy atom. The standard InChI is InChI=1S/C13H20N2O2S/c1-2-3-7-15-18(16,17)13-5-4-11-6-8-14-10-12(11)9-13/h4-5,9,14-15H,2-3,6-8,10H2,1H3. The number of rotatable bonds is 5. The van der Waals surface area contributed by atoms with Gasteiger partial charge in [0, 0.05) is 13.1 Å². The van der Waals surface area contributed by atoms with E-state index < -0.39 is 10.0 Å². The molecule has 0 radical (unpaired) electrons. The van der Waals surface area contributed by atoms with Crippen LogP contribution in [0.5, 0.6) is 0 Å². The molecule has 0 aromatic heterocycles. The van der Waals surface area contributed by atoms with Crippen molar-refractivity contribution in [1.29, 1.82) is 0 Å². The maximum atomic E-state index is 12.1. The highest BCUT2D eigenvalue weighted by Crippen LogP contribution is 2.18. The minimum Gasteiger partial charge on any atom is -0.312 e. The van der Waals surface area contributed by atoms with Crippen LogP contribution >= 0.6 is 0 Å². The van der Waals surface area contributed by atoms with Crippen LogP contribution in [0.1, 0.15) is 30.9 Å². The van der Waals surface area contributed by atoms with Crippen LogP contribution in [-0.2, 0) is 23.0 Å². The zero-order chi connectivity index (χ0) is 13.0. The predicted octanol–water partition coefficient (Wildman–Crippen LogP) is 1.41. The summed E-state index contributed by atoms with van der Waals surface area (Å²) >= 11 is 0. The fraction of sp³-hybridized carbons (Fsp3) is 0.538. The monoisotopic (exact) mass is 268 g/mol. The van der Waals surface area contributed by atoms with E-state index in [1.54, 1.807) is 12.1 Å². The Bertz CT molecular complexity index is 512. The summed E-state index contributed by atoms with van der Waals surface area (Å²) in [6.45, 7) is 4.27. The Morgan fingerprint density at radius 1 is 1.33 bits per heavy atom. The van der Waals surface area contributed by atoms with E-state index in [-0.39, 0.29) is 0 Å². The van der Waals surface area contributed by atoms with E-state index in [0.29, 0.717) is 11.4 Å². The van der Waals surface area contributed by atoms with Crippen molar-refractivity contribution in [1.82, 2.24) is 10.0 Å². The first-order valence-electron chi connectivity index (χ1n) is 6.45. The smallest absolute Gasteiger partial charge is 0.240 e. The van der Waals surface area contributed by atoms with Crippen molar-refractivity contribution >= 4 is 10.0 Å². The number of nitrogens with one attached hydrogen (secondary N) is 2. The number of unbranched alkanes of at least 4 members (excludes halogenated alkanes) is 1. The van der Waals surface area contributed by atoms with Crippen molar-refractivity contribution in [3.8, 4) is 0 Å². The van der Waals surface area contributed by atoms with E-state index in [4.69, 9.17) is 0 Å². The molecule has 1 heterocycles. The molecule has 100 valence electrons. The molecule has 0 unspecified atom stereocenters. The lowest BCUT2D eigenvalue weighted by Gasteiger charge is -2.18. The summed E-state index contributed by atoms with van der Waals surface area (Å²) in [4.78, 5) is 0.376. The summed E-state index contributed by atoms with van der Waals surface area (Å²) in [6.07, 6.45) is 2.82. The number of sulfonamides is 1. The van der Waals surface area contributed by atoms with Gasteiger partial charge in [0.05, 0.1) is 4.90 Å². The topological polar surface area (TPSA) is 58.2 Å².